The van der Waals surface area contributed by atoms with Gasteiger partial charge >= 0.3 is 5.97 Å². The fourth-order valence-corrected chi connectivity index (χ4v) is 2.74. The zero-order valence-electron chi connectivity index (χ0n) is 14.6. The Morgan fingerprint density at radius 1 is 1.15 bits per heavy atom. The summed E-state index contributed by atoms with van der Waals surface area (Å²) in [5.74, 6) is -0.179. The summed E-state index contributed by atoms with van der Waals surface area (Å²) in [6, 6.07) is 13.6. The van der Waals surface area contributed by atoms with Crippen LogP contribution in [-0.2, 0) is 9.47 Å². The maximum Gasteiger partial charge on any atom is 0.337 e. The highest BCUT2D eigenvalue weighted by atomic mass is 16.5. The minimum absolute atomic E-state index is 0.0805. The second-order valence-corrected chi connectivity index (χ2v) is 5.97. The van der Waals surface area contributed by atoms with Gasteiger partial charge in [-0.15, -0.1) is 0 Å². The SMILES string of the molecule is COC(=O)c1ccc(NC(=O)c2ccccc2OC[C@H]2CCCO2)cc1. The Labute approximate surface area is 152 Å². The monoisotopic (exact) mass is 355 g/mol. The Morgan fingerprint density at radius 2 is 1.92 bits per heavy atom. The van der Waals surface area contributed by atoms with Gasteiger partial charge < -0.3 is 19.5 Å². The number of ether oxygens (including phenoxy) is 3. The van der Waals surface area contributed by atoms with Crippen molar-refractivity contribution in [2.45, 2.75) is 18.9 Å². The predicted molar refractivity (Wildman–Crippen MR) is 96.6 cm³/mol. The molecule has 1 amide bonds. The van der Waals surface area contributed by atoms with E-state index >= 15 is 0 Å². The molecule has 1 atom stereocenters. The summed E-state index contributed by atoms with van der Waals surface area (Å²) in [4.78, 5) is 24.0. The summed E-state index contributed by atoms with van der Waals surface area (Å²) in [7, 11) is 1.32. The summed E-state index contributed by atoms with van der Waals surface area (Å²) in [6.45, 7) is 1.19. The average Bonchev–Trinajstić information content (AvgIpc) is 3.20. The first kappa shape index (κ1) is 17.9. The van der Waals surface area contributed by atoms with Crippen LogP contribution >= 0.6 is 0 Å². The molecule has 1 aliphatic rings. The van der Waals surface area contributed by atoms with E-state index in [0.717, 1.165) is 19.4 Å². The molecule has 136 valence electrons. The molecule has 1 heterocycles. The van der Waals surface area contributed by atoms with Crippen LogP contribution in [-0.4, -0.2) is 38.3 Å². The third-order valence-electron chi connectivity index (χ3n) is 4.14. The van der Waals surface area contributed by atoms with Gasteiger partial charge in [-0.1, -0.05) is 12.1 Å². The van der Waals surface area contributed by atoms with Crippen LogP contribution in [0, 0.1) is 0 Å². The Kier molecular flexibility index (Phi) is 5.86. The van der Waals surface area contributed by atoms with Gasteiger partial charge in [0.2, 0.25) is 0 Å². The predicted octanol–water partition coefficient (Wildman–Crippen LogP) is 3.28. The van der Waals surface area contributed by atoms with Crippen molar-refractivity contribution in [2.75, 3.05) is 25.6 Å². The lowest BCUT2D eigenvalue weighted by Gasteiger charge is -2.14. The maximum atomic E-state index is 12.6. The van der Waals surface area contributed by atoms with Crippen molar-refractivity contribution in [3.8, 4) is 5.75 Å². The summed E-state index contributed by atoms with van der Waals surface area (Å²) in [5, 5.41) is 2.81. The van der Waals surface area contributed by atoms with E-state index in [0.29, 0.717) is 29.2 Å². The molecule has 0 radical (unpaired) electrons. The van der Waals surface area contributed by atoms with Crippen molar-refractivity contribution in [2.24, 2.45) is 0 Å². The minimum Gasteiger partial charge on any atom is -0.490 e. The van der Waals surface area contributed by atoms with Crippen molar-refractivity contribution in [1.82, 2.24) is 0 Å². The standard InChI is InChI=1S/C20H21NO5/c1-24-20(23)14-8-10-15(11-9-14)21-19(22)17-6-2-3-7-18(17)26-13-16-5-4-12-25-16/h2-3,6-11,16H,4-5,12-13H2,1H3,(H,21,22)/t16-/m1/s1. The van der Waals surface area contributed by atoms with Crippen LogP contribution in [0.1, 0.15) is 33.6 Å². The number of methoxy groups -OCH3 is 1. The van der Waals surface area contributed by atoms with E-state index in [4.69, 9.17) is 9.47 Å². The van der Waals surface area contributed by atoms with Crippen molar-refractivity contribution >= 4 is 17.6 Å². The molecule has 0 aromatic heterocycles. The molecule has 1 saturated heterocycles. The molecule has 0 spiro atoms. The van der Waals surface area contributed by atoms with Gasteiger partial charge in [0.05, 0.1) is 24.3 Å². The zero-order valence-corrected chi connectivity index (χ0v) is 14.6. The number of anilines is 1. The zero-order chi connectivity index (χ0) is 18.4. The normalized spacial score (nSPS) is 16.1. The van der Waals surface area contributed by atoms with E-state index in [1.165, 1.54) is 7.11 Å². The summed E-state index contributed by atoms with van der Waals surface area (Å²) in [5.41, 5.74) is 1.45. The van der Waals surface area contributed by atoms with Gasteiger partial charge in [-0.05, 0) is 49.2 Å². The first-order valence-corrected chi connectivity index (χ1v) is 8.50. The van der Waals surface area contributed by atoms with E-state index in [1.54, 1.807) is 42.5 Å². The largest absolute Gasteiger partial charge is 0.490 e. The molecule has 1 aliphatic heterocycles. The van der Waals surface area contributed by atoms with Crippen LogP contribution in [0.25, 0.3) is 0 Å². The molecule has 0 unspecified atom stereocenters. The quantitative estimate of drug-likeness (QED) is 0.805. The maximum absolute atomic E-state index is 12.6. The first-order valence-electron chi connectivity index (χ1n) is 8.50. The number of amides is 1. The second-order valence-electron chi connectivity index (χ2n) is 5.97. The van der Waals surface area contributed by atoms with Gasteiger partial charge in [0.1, 0.15) is 12.4 Å². The smallest absolute Gasteiger partial charge is 0.337 e. The molecule has 26 heavy (non-hydrogen) atoms. The van der Waals surface area contributed by atoms with Crippen LogP contribution in [0.15, 0.2) is 48.5 Å². The fraction of sp³-hybridized carbons (Fsp3) is 0.300. The summed E-state index contributed by atoms with van der Waals surface area (Å²) in [6.07, 6.45) is 2.09. The minimum atomic E-state index is -0.421. The van der Waals surface area contributed by atoms with E-state index in [-0.39, 0.29) is 12.0 Å². The number of esters is 1. The second kappa shape index (κ2) is 8.49. The van der Waals surface area contributed by atoms with Crippen LogP contribution < -0.4 is 10.1 Å². The van der Waals surface area contributed by atoms with E-state index < -0.39 is 5.97 Å². The molecule has 0 aliphatic carbocycles. The molecule has 0 saturated carbocycles. The molecule has 6 heteroatoms. The van der Waals surface area contributed by atoms with Crippen molar-refractivity contribution in [3.63, 3.8) is 0 Å². The van der Waals surface area contributed by atoms with Crippen molar-refractivity contribution in [1.29, 1.82) is 0 Å². The van der Waals surface area contributed by atoms with E-state index in [9.17, 15) is 9.59 Å². The average molecular weight is 355 g/mol. The first-order chi connectivity index (χ1) is 12.7. The number of hydrogen-bond donors (Lipinski definition) is 1. The van der Waals surface area contributed by atoms with Gasteiger partial charge in [-0.2, -0.15) is 0 Å². The Hall–Kier alpha value is -2.86. The van der Waals surface area contributed by atoms with Crippen molar-refractivity contribution < 1.29 is 23.8 Å². The molecular formula is C20H21NO5. The van der Waals surface area contributed by atoms with Gasteiger partial charge in [0.15, 0.2) is 0 Å². The lowest BCUT2D eigenvalue weighted by molar-refractivity contribution is 0.0600. The third kappa shape index (κ3) is 4.40. The number of carbonyl (C=O) groups is 2. The lowest BCUT2D eigenvalue weighted by atomic mass is 10.1. The van der Waals surface area contributed by atoms with Gasteiger partial charge in [-0.3, -0.25) is 4.79 Å². The van der Waals surface area contributed by atoms with E-state index in [2.05, 4.69) is 10.1 Å². The van der Waals surface area contributed by atoms with Crippen LogP contribution in [0.5, 0.6) is 5.75 Å². The number of hydrogen-bond acceptors (Lipinski definition) is 5. The van der Waals surface area contributed by atoms with Crippen LogP contribution in [0.2, 0.25) is 0 Å². The number of rotatable bonds is 6. The molecule has 6 nitrogen and oxygen atoms in total. The molecule has 1 fully saturated rings. The van der Waals surface area contributed by atoms with Gasteiger partial charge in [-0.25, -0.2) is 4.79 Å². The molecular weight excluding hydrogens is 334 g/mol. The number of nitrogens with one attached hydrogen (secondary N) is 1. The molecule has 2 aromatic rings. The lowest BCUT2D eigenvalue weighted by Crippen LogP contribution is -2.19. The highest BCUT2D eigenvalue weighted by Crippen LogP contribution is 2.22. The number of carbonyl (C=O) groups excluding carboxylic acids is 2. The summed E-state index contributed by atoms with van der Waals surface area (Å²) < 4.78 is 16.0. The summed E-state index contributed by atoms with van der Waals surface area (Å²) >= 11 is 0. The van der Waals surface area contributed by atoms with Crippen LogP contribution in [0.4, 0.5) is 5.69 Å². The highest BCUT2D eigenvalue weighted by molar-refractivity contribution is 6.06. The Morgan fingerprint density at radius 3 is 2.62 bits per heavy atom. The molecule has 2 aromatic carbocycles. The van der Waals surface area contributed by atoms with Crippen LogP contribution in [0.3, 0.4) is 0 Å². The third-order valence-corrected chi connectivity index (χ3v) is 4.14. The highest BCUT2D eigenvalue weighted by Gasteiger charge is 2.18. The molecule has 1 N–H and O–H groups in total. The molecule has 0 bridgehead atoms. The van der Waals surface area contributed by atoms with E-state index in [1.807, 2.05) is 6.07 Å². The molecule has 3 rings (SSSR count). The van der Waals surface area contributed by atoms with Gasteiger partial charge in [0.25, 0.3) is 5.91 Å². The number of para-hydroxylation sites is 1. The Bertz CT molecular complexity index is 766. The Balaban J connectivity index is 1.66. The number of benzene rings is 2. The van der Waals surface area contributed by atoms with Crippen molar-refractivity contribution in [3.05, 3.63) is 59.7 Å². The fourth-order valence-electron chi connectivity index (χ4n) is 2.74. The topological polar surface area (TPSA) is 73.9 Å². The van der Waals surface area contributed by atoms with Gasteiger partial charge in [0, 0.05) is 12.3 Å².